The Morgan fingerprint density at radius 1 is 1.64 bits per heavy atom. The van der Waals surface area contributed by atoms with Crippen molar-refractivity contribution >= 4 is 11.6 Å². The van der Waals surface area contributed by atoms with Crippen molar-refractivity contribution < 1.29 is 9.13 Å². The smallest absolute Gasteiger partial charge is 0.254 e. The summed E-state index contributed by atoms with van der Waals surface area (Å²) in [5.41, 5.74) is 0. The summed E-state index contributed by atoms with van der Waals surface area (Å²) in [5.74, 6) is -0.706. The number of rotatable bonds is 5. The summed E-state index contributed by atoms with van der Waals surface area (Å²) < 4.78 is 18.0. The van der Waals surface area contributed by atoms with Gasteiger partial charge in [-0.2, -0.15) is 9.37 Å². The van der Waals surface area contributed by atoms with E-state index in [2.05, 4.69) is 16.5 Å². The average Bonchev–Trinajstić information content (AvgIpc) is 2.18. The molecular formula is C9H10ClFN2O. The van der Waals surface area contributed by atoms with E-state index >= 15 is 0 Å². The van der Waals surface area contributed by atoms with E-state index in [1.54, 1.807) is 6.08 Å². The van der Waals surface area contributed by atoms with E-state index in [0.717, 1.165) is 19.0 Å². The minimum absolute atomic E-state index is 0.0230. The van der Waals surface area contributed by atoms with Crippen molar-refractivity contribution in [1.29, 1.82) is 0 Å². The lowest BCUT2D eigenvalue weighted by molar-refractivity contribution is 0.283. The number of unbranched alkanes of at least 4 members (excludes halogenated alkanes) is 1. The first-order valence-corrected chi connectivity index (χ1v) is 4.53. The van der Waals surface area contributed by atoms with Gasteiger partial charge in [0.15, 0.2) is 0 Å². The second kappa shape index (κ2) is 5.54. The van der Waals surface area contributed by atoms with Crippen molar-refractivity contribution in [3.05, 3.63) is 30.0 Å². The lowest BCUT2D eigenvalue weighted by atomic mass is 10.3. The number of hydrogen-bond acceptors (Lipinski definition) is 3. The lowest BCUT2D eigenvalue weighted by Gasteiger charge is -2.04. The van der Waals surface area contributed by atoms with Gasteiger partial charge in [0.05, 0.1) is 12.8 Å². The second-order valence-corrected chi connectivity index (χ2v) is 2.91. The zero-order valence-electron chi connectivity index (χ0n) is 7.54. The molecule has 0 atom stereocenters. The van der Waals surface area contributed by atoms with E-state index in [-0.39, 0.29) is 11.2 Å². The van der Waals surface area contributed by atoms with Crippen LogP contribution in [0.4, 0.5) is 4.39 Å². The van der Waals surface area contributed by atoms with E-state index in [0.29, 0.717) is 6.61 Å². The number of ether oxygens (including phenoxy) is 1. The van der Waals surface area contributed by atoms with Crippen molar-refractivity contribution in [3.8, 4) is 5.88 Å². The van der Waals surface area contributed by atoms with Gasteiger partial charge >= 0.3 is 0 Å². The first kappa shape index (κ1) is 10.9. The molecule has 0 aliphatic carbocycles. The Kier molecular flexibility index (Phi) is 4.32. The first-order valence-electron chi connectivity index (χ1n) is 4.15. The minimum atomic E-state index is -0.604. The fourth-order valence-corrected chi connectivity index (χ4v) is 0.955. The summed E-state index contributed by atoms with van der Waals surface area (Å²) >= 11 is 5.47. The molecule has 0 aromatic carbocycles. The molecular weight excluding hydrogens is 207 g/mol. The lowest BCUT2D eigenvalue weighted by Crippen LogP contribution is -2.01. The summed E-state index contributed by atoms with van der Waals surface area (Å²) in [7, 11) is 0. The highest BCUT2D eigenvalue weighted by Crippen LogP contribution is 2.14. The predicted molar refractivity (Wildman–Crippen MR) is 51.9 cm³/mol. The van der Waals surface area contributed by atoms with Gasteiger partial charge in [0.25, 0.3) is 5.88 Å². The topological polar surface area (TPSA) is 35.0 Å². The van der Waals surface area contributed by atoms with E-state index in [1.807, 2.05) is 0 Å². The Morgan fingerprint density at radius 2 is 2.43 bits per heavy atom. The fraction of sp³-hybridized carbons (Fsp3) is 0.333. The summed E-state index contributed by atoms with van der Waals surface area (Å²) in [4.78, 5) is 7.07. The maximum Gasteiger partial charge on any atom is 0.254 e. The van der Waals surface area contributed by atoms with Crippen molar-refractivity contribution in [2.24, 2.45) is 0 Å². The molecule has 1 aromatic rings. The van der Waals surface area contributed by atoms with Crippen LogP contribution in [0.2, 0.25) is 5.28 Å². The third-order valence-electron chi connectivity index (χ3n) is 1.47. The predicted octanol–water partition coefficient (Wildman–Crippen LogP) is 2.61. The molecule has 1 rings (SSSR count). The van der Waals surface area contributed by atoms with Crippen LogP contribution in [0.3, 0.4) is 0 Å². The Labute approximate surface area is 86.6 Å². The molecule has 0 amide bonds. The van der Waals surface area contributed by atoms with Crippen LogP contribution in [0, 0.1) is 5.82 Å². The molecule has 0 N–H and O–H groups in total. The Bertz CT molecular complexity index is 320. The number of halogens is 2. The van der Waals surface area contributed by atoms with Crippen molar-refractivity contribution in [3.63, 3.8) is 0 Å². The zero-order valence-corrected chi connectivity index (χ0v) is 8.30. The molecule has 0 spiro atoms. The molecule has 1 heterocycles. The largest absolute Gasteiger partial charge is 0.475 e. The highest BCUT2D eigenvalue weighted by atomic mass is 35.5. The minimum Gasteiger partial charge on any atom is -0.475 e. The van der Waals surface area contributed by atoms with Crippen molar-refractivity contribution in [2.75, 3.05) is 6.61 Å². The van der Waals surface area contributed by atoms with Crippen molar-refractivity contribution in [2.45, 2.75) is 12.8 Å². The Balaban J connectivity index is 2.49. The van der Waals surface area contributed by atoms with Gasteiger partial charge in [0, 0.05) is 0 Å². The Hall–Kier alpha value is -1.16. The fourth-order valence-electron chi connectivity index (χ4n) is 0.829. The van der Waals surface area contributed by atoms with Crippen molar-refractivity contribution in [1.82, 2.24) is 9.97 Å². The van der Waals surface area contributed by atoms with Gasteiger partial charge in [-0.25, -0.2) is 4.98 Å². The van der Waals surface area contributed by atoms with Gasteiger partial charge in [0.2, 0.25) is 11.1 Å². The highest BCUT2D eigenvalue weighted by Gasteiger charge is 2.06. The van der Waals surface area contributed by atoms with Gasteiger partial charge in [-0.3, -0.25) is 0 Å². The first-order chi connectivity index (χ1) is 6.74. The molecule has 5 heteroatoms. The normalized spacial score (nSPS) is 9.86. The third-order valence-corrected chi connectivity index (χ3v) is 1.66. The maximum absolute atomic E-state index is 12.9. The van der Waals surface area contributed by atoms with Gasteiger partial charge in [-0.15, -0.1) is 6.58 Å². The van der Waals surface area contributed by atoms with Gasteiger partial charge < -0.3 is 4.74 Å². The summed E-state index contributed by atoms with van der Waals surface area (Å²) in [6, 6.07) is 0. The van der Waals surface area contributed by atoms with Crippen LogP contribution in [0.25, 0.3) is 0 Å². The summed E-state index contributed by atoms with van der Waals surface area (Å²) in [5, 5.41) is -0.0230. The van der Waals surface area contributed by atoms with Crippen LogP contribution < -0.4 is 4.74 Å². The van der Waals surface area contributed by atoms with E-state index in [1.165, 1.54) is 0 Å². The maximum atomic E-state index is 12.9. The van der Waals surface area contributed by atoms with Crippen LogP contribution in [0.5, 0.6) is 5.88 Å². The van der Waals surface area contributed by atoms with Crippen LogP contribution in [0.1, 0.15) is 12.8 Å². The molecule has 0 aliphatic rings. The molecule has 0 unspecified atom stereocenters. The number of aromatic nitrogens is 2. The van der Waals surface area contributed by atoms with E-state index in [9.17, 15) is 4.39 Å². The summed E-state index contributed by atoms with van der Waals surface area (Å²) in [6.45, 7) is 3.95. The van der Waals surface area contributed by atoms with Gasteiger partial charge in [-0.1, -0.05) is 6.08 Å². The number of allylic oxidation sites excluding steroid dienone is 1. The van der Waals surface area contributed by atoms with E-state index in [4.69, 9.17) is 16.3 Å². The number of nitrogens with zero attached hydrogens (tertiary/aromatic N) is 2. The number of hydrogen-bond donors (Lipinski definition) is 0. The zero-order chi connectivity index (χ0) is 10.4. The molecule has 0 fully saturated rings. The second-order valence-electron chi connectivity index (χ2n) is 2.57. The van der Waals surface area contributed by atoms with Crippen LogP contribution in [-0.4, -0.2) is 16.6 Å². The molecule has 3 nitrogen and oxygen atoms in total. The van der Waals surface area contributed by atoms with E-state index < -0.39 is 5.82 Å². The molecule has 0 saturated carbocycles. The third kappa shape index (κ3) is 3.30. The molecule has 76 valence electrons. The molecule has 1 aromatic heterocycles. The van der Waals surface area contributed by atoms with Gasteiger partial charge in [-0.05, 0) is 24.4 Å². The highest BCUT2D eigenvalue weighted by molar-refractivity contribution is 6.28. The molecule has 0 radical (unpaired) electrons. The Morgan fingerprint density at radius 3 is 3.14 bits per heavy atom. The summed E-state index contributed by atoms with van der Waals surface area (Å²) in [6.07, 6.45) is 4.34. The van der Waals surface area contributed by atoms with Crippen LogP contribution in [-0.2, 0) is 0 Å². The molecule has 0 bridgehead atoms. The molecule has 14 heavy (non-hydrogen) atoms. The van der Waals surface area contributed by atoms with Crippen LogP contribution >= 0.6 is 11.6 Å². The quantitative estimate of drug-likeness (QED) is 0.431. The van der Waals surface area contributed by atoms with Gasteiger partial charge in [0.1, 0.15) is 0 Å². The average molecular weight is 217 g/mol. The monoisotopic (exact) mass is 216 g/mol. The van der Waals surface area contributed by atoms with Crippen LogP contribution in [0.15, 0.2) is 18.9 Å². The molecule has 0 saturated heterocycles. The molecule has 0 aliphatic heterocycles. The SMILES string of the molecule is C=CCCCOc1nc(Cl)ncc1F. The standard InChI is InChI=1S/C9H10ClFN2O/c1-2-3-4-5-14-8-7(11)6-12-9(10)13-8/h2,6H,1,3-5H2.